The van der Waals surface area contributed by atoms with Gasteiger partial charge >= 0.3 is 11.9 Å². The predicted octanol–water partition coefficient (Wildman–Crippen LogP) is 3.70. The number of aliphatic carboxylic acids is 2. The summed E-state index contributed by atoms with van der Waals surface area (Å²) in [5.41, 5.74) is 3.56. The first-order chi connectivity index (χ1) is 18.9. The number of carbonyl (C=O) groups excluding carboxylic acids is 1. The Morgan fingerprint density at radius 1 is 0.667 bits per heavy atom. The normalized spacial score (nSPS) is 13.8. The fourth-order valence-electron chi connectivity index (χ4n) is 4.16. The average molecular weight is 530 g/mol. The number of nitrogens with zero attached hydrogens (tertiary/aromatic N) is 3. The lowest BCUT2D eigenvalue weighted by atomic mass is 10.1. The molecule has 1 heterocycles. The highest BCUT2D eigenvalue weighted by Gasteiger charge is 2.22. The summed E-state index contributed by atoms with van der Waals surface area (Å²) >= 11 is 0. The first kappa shape index (κ1) is 29.3. The smallest absolute Gasteiger partial charge is 0.414 e. The quantitative estimate of drug-likeness (QED) is 0.408. The van der Waals surface area contributed by atoms with E-state index >= 15 is 0 Å². The lowest BCUT2D eigenvalue weighted by Crippen LogP contribution is -2.49. The molecule has 4 rings (SSSR count). The minimum absolute atomic E-state index is 0.195. The van der Waals surface area contributed by atoms with Gasteiger partial charge in [0.2, 0.25) is 5.91 Å². The molecule has 1 fully saturated rings. The number of carbonyl (C=O) groups is 3. The van der Waals surface area contributed by atoms with Crippen molar-refractivity contribution in [1.29, 1.82) is 0 Å². The summed E-state index contributed by atoms with van der Waals surface area (Å²) in [7, 11) is 0. The summed E-state index contributed by atoms with van der Waals surface area (Å²) in [5.74, 6) is -3.45. The molecule has 0 aromatic heterocycles. The third-order valence-electron chi connectivity index (χ3n) is 6.27. The van der Waals surface area contributed by atoms with Crippen molar-refractivity contribution >= 4 is 23.9 Å². The maximum atomic E-state index is 13.3. The largest absolute Gasteiger partial charge is 0.473 e. The number of rotatable bonds is 9. The fourth-order valence-corrected chi connectivity index (χ4v) is 4.16. The summed E-state index contributed by atoms with van der Waals surface area (Å²) in [6.07, 6.45) is 4.42. The lowest BCUT2D eigenvalue weighted by Gasteiger charge is -2.35. The Kier molecular flexibility index (Phi) is 11.9. The predicted molar refractivity (Wildman–Crippen MR) is 151 cm³/mol. The van der Waals surface area contributed by atoms with Crippen LogP contribution in [0.3, 0.4) is 0 Å². The Balaban J connectivity index is 0.000000631. The molecule has 0 radical (unpaired) electrons. The van der Waals surface area contributed by atoms with Gasteiger partial charge in [-0.2, -0.15) is 0 Å². The summed E-state index contributed by atoms with van der Waals surface area (Å²) in [6, 6.07) is 30.9. The maximum Gasteiger partial charge on any atom is 0.414 e. The first-order valence-corrected chi connectivity index (χ1v) is 12.9. The van der Waals surface area contributed by atoms with Crippen LogP contribution >= 0.6 is 0 Å². The van der Waals surface area contributed by atoms with E-state index in [4.69, 9.17) is 19.8 Å². The number of hydrogen-bond acceptors (Lipinski definition) is 5. The molecule has 0 saturated carbocycles. The molecule has 39 heavy (non-hydrogen) atoms. The molecular formula is C31H35N3O5. The van der Waals surface area contributed by atoms with Crippen LogP contribution in [0, 0.1) is 0 Å². The second kappa shape index (κ2) is 15.9. The van der Waals surface area contributed by atoms with Crippen molar-refractivity contribution in [2.45, 2.75) is 13.1 Å². The third-order valence-corrected chi connectivity index (χ3v) is 6.27. The summed E-state index contributed by atoms with van der Waals surface area (Å²) in [4.78, 5) is 38.2. The van der Waals surface area contributed by atoms with Gasteiger partial charge in [-0.05, 0) is 16.7 Å². The van der Waals surface area contributed by atoms with Crippen LogP contribution in [0.2, 0.25) is 0 Å². The van der Waals surface area contributed by atoms with Crippen LogP contribution < -0.4 is 0 Å². The Morgan fingerprint density at radius 3 is 1.56 bits per heavy atom. The summed E-state index contributed by atoms with van der Waals surface area (Å²) in [6.45, 7) is 6.54. The van der Waals surface area contributed by atoms with E-state index in [9.17, 15) is 4.79 Å². The van der Waals surface area contributed by atoms with Gasteiger partial charge < -0.3 is 15.1 Å². The van der Waals surface area contributed by atoms with Crippen molar-refractivity contribution in [2.75, 3.05) is 39.3 Å². The topological polar surface area (TPSA) is 101 Å². The van der Waals surface area contributed by atoms with Crippen molar-refractivity contribution in [3.63, 3.8) is 0 Å². The Hall–Kier alpha value is -4.27. The molecule has 0 spiro atoms. The van der Waals surface area contributed by atoms with Gasteiger partial charge in [0.25, 0.3) is 0 Å². The van der Waals surface area contributed by atoms with Gasteiger partial charge in [-0.1, -0.05) is 103 Å². The number of carboxylic acids is 2. The van der Waals surface area contributed by atoms with Crippen molar-refractivity contribution in [3.05, 3.63) is 114 Å². The van der Waals surface area contributed by atoms with E-state index < -0.39 is 11.9 Å². The fraction of sp³-hybridized carbons (Fsp3) is 0.258. The van der Waals surface area contributed by atoms with Crippen LogP contribution in [-0.2, 0) is 27.5 Å². The number of hydrogen-bond donors (Lipinski definition) is 2. The van der Waals surface area contributed by atoms with E-state index in [0.29, 0.717) is 19.6 Å². The van der Waals surface area contributed by atoms with Crippen molar-refractivity contribution in [2.24, 2.45) is 0 Å². The Bertz CT molecular complexity index is 1140. The maximum absolute atomic E-state index is 13.3. The molecule has 0 aliphatic carbocycles. The van der Waals surface area contributed by atoms with Gasteiger partial charge in [-0.25, -0.2) is 9.59 Å². The van der Waals surface area contributed by atoms with Crippen molar-refractivity contribution in [3.8, 4) is 0 Å². The van der Waals surface area contributed by atoms with Crippen LogP contribution in [0.15, 0.2) is 97.1 Å². The van der Waals surface area contributed by atoms with Gasteiger partial charge in [0.1, 0.15) is 0 Å². The second-order valence-electron chi connectivity index (χ2n) is 9.22. The molecule has 0 bridgehead atoms. The number of benzene rings is 3. The Labute approximate surface area is 229 Å². The molecule has 1 aliphatic heterocycles. The lowest BCUT2D eigenvalue weighted by molar-refractivity contribution is -0.159. The van der Waals surface area contributed by atoms with Crippen LogP contribution in [0.4, 0.5) is 0 Å². The van der Waals surface area contributed by atoms with Gasteiger partial charge in [0, 0.05) is 45.8 Å². The van der Waals surface area contributed by atoms with E-state index in [-0.39, 0.29) is 5.91 Å². The third kappa shape index (κ3) is 10.9. The van der Waals surface area contributed by atoms with E-state index in [0.717, 1.165) is 43.9 Å². The van der Waals surface area contributed by atoms with Gasteiger partial charge in [-0.15, -0.1) is 0 Å². The number of carboxylic acid groups (broad SMARTS) is 2. The molecule has 3 aromatic rings. The number of amides is 1. The van der Waals surface area contributed by atoms with Gasteiger partial charge in [-0.3, -0.25) is 14.6 Å². The average Bonchev–Trinajstić information content (AvgIpc) is 2.95. The minimum atomic E-state index is -1.82. The minimum Gasteiger partial charge on any atom is -0.473 e. The zero-order valence-electron chi connectivity index (χ0n) is 21.9. The van der Waals surface area contributed by atoms with Crippen LogP contribution in [0.25, 0.3) is 6.08 Å². The highest BCUT2D eigenvalue weighted by molar-refractivity contribution is 6.27. The summed E-state index contributed by atoms with van der Waals surface area (Å²) in [5, 5.41) is 14.8. The zero-order chi connectivity index (χ0) is 27.9. The molecule has 8 heteroatoms. The van der Waals surface area contributed by atoms with E-state index in [1.54, 1.807) is 0 Å². The van der Waals surface area contributed by atoms with Crippen molar-refractivity contribution in [1.82, 2.24) is 14.7 Å². The molecular weight excluding hydrogens is 494 g/mol. The molecule has 2 N–H and O–H groups in total. The molecule has 1 aliphatic rings. The molecule has 1 amide bonds. The Morgan fingerprint density at radius 2 is 1.10 bits per heavy atom. The molecule has 0 atom stereocenters. The highest BCUT2D eigenvalue weighted by atomic mass is 16.4. The van der Waals surface area contributed by atoms with Crippen LogP contribution in [0.5, 0.6) is 0 Å². The molecule has 1 saturated heterocycles. The zero-order valence-corrected chi connectivity index (χ0v) is 21.9. The molecule has 204 valence electrons. The van der Waals surface area contributed by atoms with E-state index in [2.05, 4.69) is 70.5 Å². The second-order valence-corrected chi connectivity index (χ2v) is 9.22. The van der Waals surface area contributed by atoms with E-state index in [1.807, 2.05) is 47.4 Å². The monoisotopic (exact) mass is 529 g/mol. The van der Waals surface area contributed by atoms with Gasteiger partial charge in [0.15, 0.2) is 0 Å². The standard InChI is InChI=1S/C29H33N3O.C2H2O4/c33-29(32(23-27-13-6-2-7-14-27)24-28-15-8-3-9-16-28)25-31-21-19-30(20-22-31)18-10-17-26-11-4-1-5-12-26;3-1(4)2(5)6/h1-17H,18-25H2;(H,3,4)(H,5,6)/b17-10+;. The van der Waals surface area contributed by atoms with Crippen LogP contribution in [0.1, 0.15) is 16.7 Å². The first-order valence-electron chi connectivity index (χ1n) is 12.9. The molecule has 3 aromatic carbocycles. The molecule has 8 nitrogen and oxygen atoms in total. The SMILES string of the molecule is O=C(CN1CCN(C/C=C/c2ccccc2)CC1)N(Cc1ccccc1)Cc1ccccc1.O=C(O)C(=O)O. The molecule has 0 unspecified atom stereocenters. The van der Waals surface area contributed by atoms with Gasteiger partial charge in [0.05, 0.1) is 6.54 Å². The highest BCUT2D eigenvalue weighted by Crippen LogP contribution is 2.12. The van der Waals surface area contributed by atoms with E-state index in [1.165, 1.54) is 5.56 Å². The van der Waals surface area contributed by atoms with Crippen LogP contribution in [-0.4, -0.2) is 82.0 Å². The summed E-state index contributed by atoms with van der Waals surface area (Å²) < 4.78 is 0. The van der Waals surface area contributed by atoms with Crippen molar-refractivity contribution < 1.29 is 24.6 Å². The number of piperazine rings is 1.